The lowest BCUT2D eigenvalue weighted by atomic mass is 10.2. The number of ether oxygens (including phenoxy) is 1. The van der Waals surface area contributed by atoms with Crippen LogP contribution in [0.5, 0.6) is 0 Å². The summed E-state index contributed by atoms with van der Waals surface area (Å²) >= 11 is 0. The molecule has 25 heavy (non-hydrogen) atoms. The van der Waals surface area contributed by atoms with Crippen molar-refractivity contribution in [3.8, 4) is 0 Å². The third kappa shape index (κ3) is 5.06. The van der Waals surface area contributed by atoms with Crippen LogP contribution in [0.3, 0.4) is 0 Å². The Balaban J connectivity index is 1.52. The lowest BCUT2D eigenvalue weighted by Crippen LogP contribution is -2.33. The minimum atomic E-state index is -0.335. The van der Waals surface area contributed by atoms with Crippen molar-refractivity contribution in [2.45, 2.75) is 25.5 Å². The lowest BCUT2D eigenvalue weighted by Gasteiger charge is -2.12. The normalized spacial score (nSPS) is 16.2. The van der Waals surface area contributed by atoms with Crippen molar-refractivity contribution >= 4 is 23.3 Å². The van der Waals surface area contributed by atoms with Crippen molar-refractivity contribution in [1.82, 2.24) is 5.32 Å². The Labute approximate surface area is 146 Å². The highest BCUT2D eigenvalue weighted by atomic mass is 16.5. The molecule has 1 atom stereocenters. The molecule has 1 saturated heterocycles. The zero-order valence-electron chi connectivity index (χ0n) is 13.8. The van der Waals surface area contributed by atoms with Crippen LogP contribution in [0.15, 0.2) is 54.6 Å². The number of carbonyl (C=O) groups excluding carboxylic acids is 2. The van der Waals surface area contributed by atoms with Crippen molar-refractivity contribution in [3.05, 3.63) is 60.2 Å². The Hall–Kier alpha value is -2.86. The maximum Gasteiger partial charge on any atom is 0.323 e. The molecule has 6 nitrogen and oxygen atoms in total. The molecule has 0 aromatic heterocycles. The number of anilines is 2. The molecular weight excluding hydrogens is 318 g/mol. The van der Waals surface area contributed by atoms with E-state index in [4.69, 9.17) is 4.74 Å². The third-order valence-corrected chi connectivity index (χ3v) is 3.91. The van der Waals surface area contributed by atoms with Gasteiger partial charge < -0.3 is 20.7 Å². The first kappa shape index (κ1) is 17.0. The Kier molecular flexibility index (Phi) is 5.64. The number of benzene rings is 2. The summed E-state index contributed by atoms with van der Waals surface area (Å²) in [6, 6.07) is 16.3. The maximum absolute atomic E-state index is 12.0. The smallest absolute Gasteiger partial charge is 0.323 e. The van der Waals surface area contributed by atoms with Gasteiger partial charge in [0.05, 0.1) is 0 Å². The van der Waals surface area contributed by atoms with E-state index in [1.54, 1.807) is 6.07 Å². The highest BCUT2D eigenvalue weighted by Crippen LogP contribution is 2.14. The molecule has 130 valence electrons. The fourth-order valence-corrected chi connectivity index (χ4v) is 2.66. The molecular formula is C19H21N3O3. The Morgan fingerprint density at radius 3 is 2.52 bits per heavy atom. The number of hydrogen-bond donors (Lipinski definition) is 3. The molecule has 0 spiro atoms. The molecule has 2 aromatic carbocycles. The number of carbonyl (C=O) groups is 2. The summed E-state index contributed by atoms with van der Waals surface area (Å²) < 4.78 is 5.36. The van der Waals surface area contributed by atoms with E-state index in [1.165, 1.54) is 0 Å². The van der Waals surface area contributed by atoms with E-state index in [1.807, 2.05) is 48.5 Å². The van der Waals surface area contributed by atoms with Crippen LogP contribution in [-0.2, 0) is 16.1 Å². The van der Waals surface area contributed by atoms with Gasteiger partial charge in [-0.2, -0.15) is 0 Å². The fourth-order valence-electron chi connectivity index (χ4n) is 2.66. The second-order valence-corrected chi connectivity index (χ2v) is 5.86. The molecule has 1 aliphatic heterocycles. The Morgan fingerprint density at radius 2 is 1.76 bits per heavy atom. The molecule has 2 aromatic rings. The third-order valence-electron chi connectivity index (χ3n) is 3.91. The summed E-state index contributed by atoms with van der Waals surface area (Å²) in [7, 11) is 0. The highest BCUT2D eigenvalue weighted by molar-refractivity contribution is 5.99. The summed E-state index contributed by atoms with van der Waals surface area (Å²) in [4.78, 5) is 24.0. The van der Waals surface area contributed by atoms with Gasteiger partial charge >= 0.3 is 6.03 Å². The first-order chi connectivity index (χ1) is 12.2. The van der Waals surface area contributed by atoms with E-state index < -0.39 is 0 Å². The van der Waals surface area contributed by atoms with Gasteiger partial charge in [0, 0.05) is 24.5 Å². The molecule has 0 radical (unpaired) electrons. The van der Waals surface area contributed by atoms with E-state index in [2.05, 4.69) is 16.0 Å². The van der Waals surface area contributed by atoms with E-state index in [-0.39, 0.29) is 18.0 Å². The van der Waals surface area contributed by atoms with Gasteiger partial charge in [0.1, 0.15) is 6.10 Å². The van der Waals surface area contributed by atoms with Gasteiger partial charge in [-0.25, -0.2) is 4.79 Å². The summed E-state index contributed by atoms with van der Waals surface area (Å²) in [6.45, 7) is 1.04. The highest BCUT2D eigenvalue weighted by Gasteiger charge is 2.22. The van der Waals surface area contributed by atoms with Crippen molar-refractivity contribution in [3.63, 3.8) is 0 Å². The molecule has 1 aliphatic rings. The quantitative estimate of drug-likeness (QED) is 0.783. The summed E-state index contributed by atoms with van der Waals surface area (Å²) in [5, 5.41) is 8.42. The molecule has 3 rings (SSSR count). The number of para-hydroxylation sites is 1. The van der Waals surface area contributed by atoms with Crippen molar-refractivity contribution in [1.29, 1.82) is 0 Å². The predicted molar refractivity (Wildman–Crippen MR) is 96.3 cm³/mol. The van der Waals surface area contributed by atoms with Gasteiger partial charge in [-0.3, -0.25) is 4.79 Å². The van der Waals surface area contributed by atoms with Gasteiger partial charge in [0.15, 0.2) is 0 Å². The largest absolute Gasteiger partial charge is 0.368 e. The number of amides is 3. The van der Waals surface area contributed by atoms with Gasteiger partial charge in [0.25, 0.3) is 0 Å². The maximum atomic E-state index is 12.0. The fraction of sp³-hybridized carbons (Fsp3) is 0.263. The molecule has 3 N–H and O–H groups in total. The van der Waals surface area contributed by atoms with Crippen molar-refractivity contribution < 1.29 is 14.3 Å². The van der Waals surface area contributed by atoms with E-state index >= 15 is 0 Å². The molecule has 6 heteroatoms. The first-order valence-corrected chi connectivity index (χ1v) is 8.32. The molecule has 0 bridgehead atoms. The van der Waals surface area contributed by atoms with E-state index in [0.29, 0.717) is 18.8 Å². The monoisotopic (exact) mass is 339 g/mol. The van der Waals surface area contributed by atoms with Crippen LogP contribution in [0.25, 0.3) is 0 Å². The van der Waals surface area contributed by atoms with Crippen LogP contribution in [0.2, 0.25) is 0 Å². The van der Waals surface area contributed by atoms with Crippen LogP contribution in [-0.4, -0.2) is 24.6 Å². The number of urea groups is 1. The van der Waals surface area contributed by atoms with Crippen LogP contribution in [0.4, 0.5) is 16.2 Å². The minimum Gasteiger partial charge on any atom is -0.368 e. The first-order valence-electron chi connectivity index (χ1n) is 8.32. The molecule has 3 amide bonds. The van der Waals surface area contributed by atoms with E-state index in [9.17, 15) is 9.59 Å². The number of hydrogen-bond acceptors (Lipinski definition) is 3. The minimum absolute atomic E-state index is 0.0855. The molecule has 1 unspecified atom stereocenters. The SMILES string of the molecule is O=C(Nc1ccccc1)Nc1cccc(CNC(=O)C2CCCO2)c1. The van der Waals surface area contributed by atoms with Gasteiger partial charge in [-0.15, -0.1) is 0 Å². The summed E-state index contributed by atoms with van der Waals surface area (Å²) in [5.74, 6) is -0.0855. The van der Waals surface area contributed by atoms with Crippen LogP contribution >= 0.6 is 0 Å². The van der Waals surface area contributed by atoms with Crippen LogP contribution < -0.4 is 16.0 Å². The average Bonchev–Trinajstić information content (AvgIpc) is 3.15. The summed E-state index contributed by atoms with van der Waals surface area (Å²) in [6.07, 6.45) is 1.36. The van der Waals surface area contributed by atoms with Gasteiger partial charge in [-0.05, 0) is 42.7 Å². The number of nitrogens with one attached hydrogen (secondary N) is 3. The zero-order valence-corrected chi connectivity index (χ0v) is 13.8. The standard InChI is InChI=1S/C19H21N3O3/c23-18(17-10-5-11-25-17)20-13-14-6-4-9-16(12-14)22-19(24)21-15-7-2-1-3-8-15/h1-4,6-9,12,17H,5,10-11,13H2,(H,20,23)(H2,21,22,24). The van der Waals surface area contributed by atoms with Crippen LogP contribution in [0.1, 0.15) is 18.4 Å². The van der Waals surface area contributed by atoms with Gasteiger partial charge in [0.2, 0.25) is 5.91 Å². The Bertz CT molecular complexity index is 728. The molecule has 0 aliphatic carbocycles. The Morgan fingerprint density at radius 1 is 1.00 bits per heavy atom. The van der Waals surface area contributed by atoms with Gasteiger partial charge in [-0.1, -0.05) is 30.3 Å². The average molecular weight is 339 g/mol. The molecule has 0 saturated carbocycles. The number of rotatable bonds is 5. The van der Waals surface area contributed by atoms with Crippen molar-refractivity contribution in [2.75, 3.05) is 17.2 Å². The van der Waals surface area contributed by atoms with Crippen molar-refractivity contribution in [2.24, 2.45) is 0 Å². The molecule has 1 heterocycles. The topological polar surface area (TPSA) is 79.5 Å². The summed E-state index contributed by atoms with van der Waals surface area (Å²) in [5.41, 5.74) is 2.29. The lowest BCUT2D eigenvalue weighted by molar-refractivity contribution is -0.130. The van der Waals surface area contributed by atoms with E-state index in [0.717, 1.165) is 24.1 Å². The zero-order chi connectivity index (χ0) is 17.5. The second kappa shape index (κ2) is 8.30. The predicted octanol–water partition coefficient (Wildman–Crippen LogP) is 3.13. The second-order valence-electron chi connectivity index (χ2n) is 5.86. The molecule has 1 fully saturated rings. The van der Waals surface area contributed by atoms with Crippen LogP contribution in [0, 0.1) is 0 Å².